The molecule has 0 aromatic carbocycles. The molecule has 0 atom stereocenters. The predicted molar refractivity (Wildman–Crippen MR) is 72.6 cm³/mol. The van der Waals surface area contributed by atoms with Crippen molar-refractivity contribution in [3.8, 4) is 0 Å². The van der Waals surface area contributed by atoms with Crippen molar-refractivity contribution in [2.24, 2.45) is 0 Å². The van der Waals surface area contributed by atoms with E-state index in [9.17, 15) is 13.2 Å². The van der Waals surface area contributed by atoms with Crippen molar-refractivity contribution in [3.05, 3.63) is 34.0 Å². The third-order valence-corrected chi connectivity index (χ3v) is 3.50. The summed E-state index contributed by atoms with van der Waals surface area (Å²) in [6.45, 7) is 2.26. The normalized spacial score (nSPS) is 11.7. The second-order valence-corrected chi connectivity index (χ2v) is 5.40. The molecule has 108 valence electrons. The van der Waals surface area contributed by atoms with Gasteiger partial charge in [-0.3, -0.25) is 0 Å². The van der Waals surface area contributed by atoms with Crippen LogP contribution in [0.4, 0.5) is 24.5 Å². The average molecular weight is 302 g/mol. The van der Waals surface area contributed by atoms with Gasteiger partial charge in [0.25, 0.3) is 0 Å². The third kappa shape index (κ3) is 3.19. The molecule has 0 radical (unpaired) electrons. The zero-order valence-electron chi connectivity index (χ0n) is 10.9. The number of anilines is 2. The van der Waals surface area contributed by atoms with E-state index < -0.39 is 11.9 Å². The van der Waals surface area contributed by atoms with E-state index in [4.69, 9.17) is 5.73 Å². The highest BCUT2D eigenvalue weighted by molar-refractivity contribution is 7.09. The minimum Gasteiger partial charge on any atom is -0.396 e. The van der Waals surface area contributed by atoms with Gasteiger partial charge < -0.3 is 10.6 Å². The van der Waals surface area contributed by atoms with Crippen LogP contribution in [0.2, 0.25) is 0 Å². The molecule has 2 aromatic heterocycles. The Bertz CT molecular complexity index is 609. The van der Waals surface area contributed by atoms with Gasteiger partial charge in [-0.25, -0.2) is 9.97 Å². The summed E-state index contributed by atoms with van der Waals surface area (Å²) >= 11 is 1.49. The van der Waals surface area contributed by atoms with E-state index in [1.165, 1.54) is 11.3 Å². The Morgan fingerprint density at radius 3 is 2.65 bits per heavy atom. The van der Waals surface area contributed by atoms with Gasteiger partial charge in [0.1, 0.15) is 5.69 Å². The van der Waals surface area contributed by atoms with Crippen molar-refractivity contribution in [2.75, 3.05) is 17.7 Å². The SMILES string of the molecule is Cc1nc(CN(C)c2cc(C(F)(F)F)ncc2N)cs1. The standard InChI is InChI=1S/C12H13F3N4S/c1-7-18-8(6-20-7)5-19(2)10-3-11(12(13,14)15)17-4-9(10)16/h3-4,6H,5,16H2,1-2H3. The summed E-state index contributed by atoms with van der Waals surface area (Å²) in [5.74, 6) is 0. The summed E-state index contributed by atoms with van der Waals surface area (Å²) in [5, 5.41) is 2.78. The molecule has 4 nitrogen and oxygen atoms in total. The van der Waals surface area contributed by atoms with Crippen LogP contribution in [0, 0.1) is 6.92 Å². The van der Waals surface area contributed by atoms with E-state index in [1.807, 2.05) is 12.3 Å². The second-order valence-electron chi connectivity index (χ2n) is 4.34. The maximum absolute atomic E-state index is 12.7. The first-order valence-corrected chi connectivity index (χ1v) is 6.60. The molecule has 0 amide bonds. The van der Waals surface area contributed by atoms with E-state index in [2.05, 4.69) is 9.97 Å². The lowest BCUT2D eigenvalue weighted by Crippen LogP contribution is -2.20. The number of thiazole rings is 1. The van der Waals surface area contributed by atoms with Crippen LogP contribution in [0.25, 0.3) is 0 Å². The zero-order valence-corrected chi connectivity index (χ0v) is 11.7. The van der Waals surface area contributed by atoms with Gasteiger partial charge >= 0.3 is 6.18 Å². The van der Waals surface area contributed by atoms with Gasteiger partial charge in [0.2, 0.25) is 0 Å². The molecule has 0 saturated carbocycles. The fourth-order valence-corrected chi connectivity index (χ4v) is 2.35. The maximum Gasteiger partial charge on any atom is 0.433 e. The Morgan fingerprint density at radius 1 is 1.40 bits per heavy atom. The summed E-state index contributed by atoms with van der Waals surface area (Å²) in [4.78, 5) is 9.21. The number of nitrogens with two attached hydrogens (primary N) is 1. The van der Waals surface area contributed by atoms with E-state index in [1.54, 1.807) is 11.9 Å². The highest BCUT2D eigenvalue weighted by Gasteiger charge is 2.33. The van der Waals surface area contributed by atoms with Crippen molar-refractivity contribution >= 4 is 22.7 Å². The summed E-state index contributed by atoms with van der Waals surface area (Å²) in [5.41, 5.74) is 6.03. The number of pyridine rings is 1. The molecule has 0 fully saturated rings. The number of hydrogen-bond donors (Lipinski definition) is 1. The molecule has 2 aromatic rings. The number of aryl methyl sites for hydroxylation is 1. The van der Waals surface area contributed by atoms with Crippen molar-refractivity contribution in [1.82, 2.24) is 9.97 Å². The highest BCUT2D eigenvalue weighted by atomic mass is 32.1. The van der Waals surface area contributed by atoms with Gasteiger partial charge in [0, 0.05) is 12.4 Å². The van der Waals surface area contributed by atoms with Crippen molar-refractivity contribution in [1.29, 1.82) is 0 Å². The second kappa shape index (κ2) is 5.28. The molecule has 8 heteroatoms. The van der Waals surface area contributed by atoms with Crippen molar-refractivity contribution < 1.29 is 13.2 Å². The van der Waals surface area contributed by atoms with E-state index in [0.717, 1.165) is 23.0 Å². The van der Waals surface area contributed by atoms with Crippen molar-refractivity contribution in [2.45, 2.75) is 19.6 Å². The topological polar surface area (TPSA) is 55.0 Å². The molecule has 0 spiro atoms. The quantitative estimate of drug-likeness (QED) is 0.946. The van der Waals surface area contributed by atoms with Crippen LogP contribution in [0.5, 0.6) is 0 Å². The molecule has 2 rings (SSSR count). The van der Waals surface area contributed by atoms with E-state index in [0.29, 0.717) is 6.54 Å². The van der Waals surface area contributed by atoms with Gasteiger partial charge in [-0.15, -0.1) is 11.3 Å². The minimum absolute atomic E-state index is 0.201. The molecule has 2 N–H and O–H groups in total. The van der Waals surface area contributed by atoms with Crippen LogP contribution in [0.1, 0.15) is 16.4 Å². The largest absolute Gasteiger partial charge is 0.433 e. The van der Waals surface area contributed by atoms with Gasteiger partial charge in [-0.1, -0.05) is 0 Å². The zero-order chi connectivity index (χ0) is 14.9. The predicted octanol–water partition coefficient (Wildman–Crippen LogP) is 3.08. The number of rotatable bonds is 3. The van der Waals surface area contributed by atoms with E-state index >= 15 is 0 Å². The fourth-order valence-electron chi connectivity index (χ4n) is 1.75. The van der Waals surface area contributed by atoms with Gasteiger partial charge in [0.05, 0.1) is 34.8 Å². The molecule has 0 aliphatic carbocycles. The van der Waals surface area contributed by atoms with E-state index in [-0.39, 0.29) is 11.4 Å². The van der Waals surface area contributed by atoms with Crippen LogP contribution in [0.3, 0.4) is 0 Å². The molecule has 0 unspecified atom stereocenters. The lowest BCUT2D eigenvalue weighted by Gasteiger charge is -2.21. The Morgan fingerprint density at radius 2 is 2.10 bits per heavy atom. The molecule has 2 heterocycles. The first kappa shape index (κ1) is 14.6. The first-order valence-electron chi connectivity index (χ1n) is 5.72. The van der Waals surface area contributed by atoms with Gasteiger partial charge in [0.15, 0.2) is 0 Å². The lowest BCUT2D eigenvalue weighted by molar-refractivity contribution is -0.141. The summed E-state index contributed by atoms with van der Waals surface area (Å²) in [6, 6.07) is 0.953. The van der Waals surface area contributed by atoms with Crippen molar-refractivity contribution in [3.63, 3.8) is 0 Å². The highest BCUT2D eigenvalue weighted by Crippen LogP contribution is 2.32. The van der Waals surface area contributed by atoms with Crippen LogP contribution in [-0.2, 0) is 12.7 Å². The number of alkyl halides is 3. The molecule has 20 heavy (non-hydrogen) atoms. The maximum atomic E-state index is 12.7. The summed E-state index contributed by atoms with van der Waals surface area (Å²) in [7, 11) is 1.67. The van der Waals surface area contributed by atoms with Crippen LogP contribution in [0.15, 0.2) is 17.6 Å². The van der Waals surface area contributed by atoms with Gasteiger partial charge in [-0.2, -0.15) is 13.2 Å². The Kier molecular flexibility index (Phi) is 3.85. The Hall–Kier alpha value is -1.83. The molecule has 0 bridgehead atoms. The fraction of sp³-hybridized carbons (Fsp3) is 0.333. The molecule has 0 aliphatic heterocycles. The number of hydrogen-bond acceptors (Lipinski definition) is 5. The van der Waals surface area contributed by atoms with Crippen LogP contribution in [-0.4, -0.2) is 17.0 Å². The smallest absolute Gasteiger partial charge is 0.396 e. The summed E-state index contributed by atoms with van der Waals surface area (Å²) < 4.78 is 38.0. The Balaban J connectivity index is 2.27. The molecule has 0 aliphatic rings. The minimum atomic E-state index is -4.49. The Labute approximate surface area is 118 Å². The monoisotopic (exact) mass is 302 g/mol. The summed E-state index contributed by atoms with van der Waals surface area (Å²) in [6.07, 6.45) is -3.46. The first-order chi connectivity index (χ1) is 9.27. The molecule has 0 saturated heterocycles. The number of nitrogens with zero attached hydrogens (tertiary/aromatic N) is 3. The molecular weight excluding hydrogens is 289 g/mol. The van der Waals surface area contributed by atoms with Crippen LogP contribution >= 0.6 is 11.3 Å². The van der Waals surface area contributed by atoms with Crippen LogP contribution < -0.4 is 10.6 Å². The number of halogens is 3. The average Bonchev–Trinajstić information content (AvgIpc) is 2.73. The number of aromatic nitrogens is 2. The van der Waals surface area contributed by atoms with Gasteiger partial charge in [-0.05, 0) is 13.0 Å². The lowest BCUT2D eigenvalue weighted by atomic mass is 10.2. The number of nitrogen functional groups attached to an aromatic ring is 1. The molecular formula is C12H13F3N4S. The third-order valence-electron chi connectivity index (χ3n) is 2.68.